The maximum Gasteiger partial charge on any atom is 0.250 e. The SMILES string of the molecule is CC(C)(C)[Si](C)(C)Oc1ccc(-n2cc(C#N)c3cccnc32)cc1. The van der Waals surface area contributed by atoms with Crippen molar-refractivity contribution in [1.29, 1.82) is 5.26 Å². The Morgan fingerprint density at radius 3 is 2.40 bits per heavy atom. The van der Waals surface area contributed by atoms with Crippen molar-refractivity contribution in [1.82, 2.24) is 9.55 Å². The Morgan fingerprint density at radius 2 is 1.80 bits per heavy atom. The van der Waals surface area contributed by atoms with Crippen molar-refractivity contribution < 1.29 is 4.43 Å². The first-order valence-electron chi connectivity index (χ1n) is 8.38. The molecule has 0 saturated heterocycles. The van der Waals surface area contributed by atoms with Crippen LogP contribution in [0.1, 0.15) is 26.3 Å². The van der Waals surface area contributed by atoms with Crippen LogP contribution >= 0.6 is 0 Å². The lowest BCUT2D eigenvalue weighted by Gasteiger charge is -2.36. The molecule has 128 valence electrons. The zero-order chi connectivity index (χ0) is 18.2. The highest BCUT2D eigenvalue weighted by Crippen LogP contribution is 2.37. The average Bonchev–Trinajstić information content (AvgIpc) is 2.93. The Balaban J connectivity index is 1.96. The molecule has 2 heterocycles. The molecule has 0 aliphatic rings. The highest BCUT2D eigenvalue weighted by molar-refractivity contribution is 6.74. The smallest absolute Gasteiger partial charge is 0.250 e. The zero-order valence-corrected chi connectivity index (χ0v) is 16.4. The van der Waals surface area contributed by atoms with Crippen molar-refractivity contribution in [3.63, 3.8) is 0 Å². The van der Waals surface area contributed by atoms with Gasteiger partial charge in [0.15, 0.2) is 0 Å². The number of hydrogen-bond acceptors (Lipinski definition) is 3. The third-order valence-electron chi connectivity index (χ3n) is 4.98. The zero-order valence-electron chi connectivity index (χ0n) is 15.4. The van der Waals surface area contributed by atoms with Crippen LogP contribution in [0.5, 0.6) is 5.75 Å². The first-order valence-corrected chi connectivity index (χ1v) is 11.3. The fourth-order valence-corrected chi connectivity index (χ4v) is 3.50. The molecular weight excluding hydrogens is 326 g/mol. The van der Waals surface area contributed by atoms with Crippen LogP contribution in [0, 0.1) is 11.3 Å². The Labute approximate surface area is 149 Å². The van der Waals surface area contributed by atoms with Crippen LogP contribution in [0.3, 0.4) is 0 Å². The molecule has 3 aromatic rings. The topological polar surface area (TPSA) is 50.8 Å². The summed E-state index contributed by atoms with van der Waals surface area (Å²) in [5.74, 6) is 0.889. The fourth-order valence-electron chi connectivity index (χ4n) is 2.47. The van der Waals surface area contributed by atoms with E-state index in [2.05, 4.69) is 44.9 Å². The van der Waals surface area contributed by atoms with Gasteiger partial charge in [0.05, 0.1) is 5.56 Å². The van der Waals surface area contributed by atoms with Crippen molar-refractivity contribution >= 4 is 19.4 Å². The summed E-state index contributed by atoms with van der Waals surface area (Å²) in [4.78, 5) is 4.43. The molecule has 0 spiro atoms. The Morgan fingerprint density at radius 1 is 1.12 bits per heavy atom. The first kappa shape index (κ1) is 17.2. The molecule has 25 heavy (non-hydrogen) atoms. The second-order valence-electron chi connectivity index (χ2n) is 7.76. The third kappa shape index (κ3) is 3.18. The molecule has 0 bridgehead atoms. The van der Waals surface area contributed by atoms with Crippen molar-refractivity contribution in [2.24, 2.45) is 0 Å². The molecule has 3 rings (SSSR count). The number of rotatable bonds is 3. The van der Waals surface area contributed by atoms with Crippen LogP contribution in [0.25, 0.3) is 16.7 Å². The van der Waals surface area contributed by atoms with Gasteiger partial charge in [-0.3, -0.25) is 4.57 Å². The van der Waals surface area contributed by atoms with E-state index in [0.717, 1.165) is 22.5 Å². The maximum absolute atomic E-state index is 9.34. The molecule has 5 heteroatoms. The second-order valence-corrected chi connectivity index (χ2v) is 12.5. The van der Waals surface area contributed by atoms with E-state index in [0.29, 0.717) is 5.56 Å². The highest BCUT2D eigenvalue weighted by atomic mass is 28.4. The molecule has 0 radical (unpaired) electrons. The molecule has 1 aromatic carbocycles. The summed E-state index contributed by atoms with van der Waals surface area (Å²) in [6, 6.07) is 14.0. The first-order chi connectivity index (χ1) is 11.7. The molecule has 0 saturated carbocycles. The second kappa shape index (κ2) is 6.05. The van der Waals surface area contributed by atoms with Crippen LogP contribution in [0.2, 0.25) is 18.1 Å². The fraction of sp³-hybridized carbons (Fsp3) is 0.300. The van der Waals surface area contributed by atoms with E-state index in [9.17, 15) is 5.26 Å². The summed E-state index contributed by atoms with van der Waals surface area (Å²) < 4.78 is 8.28. The minimum atomic E-state index is -1.85. The van der Waals surface area contributed by atoms with Gasteiger partial charge in [0.1, 0.15) is 17.5 Å². The standard InChI is InChI=1S/C20H23N3OSi/c1-20(2,3)25(4,5)24-17-10-8-16(9-11-17)23-14-15(13-21)18-7-6-12-22-19(18)23/h6-12,14H,1-5H3. The molecule has 0 N–H and O–H groups in total. The average molecular weight is 350 g/mol. The maximum atomic E-state index is 9.34. The van der Waals surface area contributed by atoms with Crippen LogP contribution in [-0.4, -0.2) is 17.9 Å². The predicted octanol–water partition coefficient (Wildman–Crippen LogP) is 5.28. The summed E-state index contributed by atoms with van der Waals surface area (Å²) in [7, 11) is -1.85. The van der Waals surface area contributed by atoms with Gasteiger partial charge in [-0.2, -0.15) is 5.26 Å². The van der Waals surface area contributed by atoms with Gasteiger partial charge < -0.3 is 4.43 Å². The van der Waals surface area contributed by atoms with Gasteiger partial charge >= 0.3 is 0 Å². The van der Waals surface area contributed by atoms with Gasteiger partial charge in [-0.05, 0) is 54.5 Å². The molecule has 0 fully saturated rings. The van der Waals surface area contributed by atoms with Crippen molar-refractivity contribution in [2.75, 3.05) is 0 Å². The van der Waals surface area contributed by atoms with Crippen LogP contribution < -0.4 is 4.43 Å². The molecular formula is C20H23N3OSi. The van der Waals surface area contributed by atoms with Crippen LogP contribution in [0.15, 0.2) is 48.8 Å². The van der Waals surface area contributed by atoms with E-state index in [-0.39, 0.29) is 5.04 Å². The monoisotopic (exact) mass is 349 g/mol. The number of aromatic nitrogens is 2. The number of nitrogens with zero attached hydrogens (tertiary/aromatic N) is 3. The van der Waals surface area contributed by atoms with Crippen LogP contribution in [0.4, 0.5) is 0 Å². The lowest BCUT2D eigenvalue weighted by Crippen LogP contribution is -2.43. The lowest BCUT2D eigenvalue weighted by molar-refractivity contribution is 0.492. The minimum absolute atomic E-state index is 0.161. The number of hydrogen-bond donors (Lipinski definition) is 0. The largest absolute Gasteiger partial charge is 0.544 e. The van der Waals surface area contributed by atoms with Gasteiger partial charge in [-0.25, -0.2) is 4.98 Å². The van der Waals surface area contributed by atoms with E-state index < -0.39 is 8.32 Å². The molecule has 4 nitrogen and oxygen atoms in total. The van der Waals surface area contributed by atoms with Gasteiger partial charge in [0.25, 0.3) is 0 Å². The summed E-state index contributed by atoms with van der Waals surface area (Å²) in [6.07, 6.45) is 3.58. The van der Waals surface area contributed by atoms with Crippen LogP contribution in [-0.2, 0) is 0 Å². The summed E-state index contributed by atoms with van der Waals surface area (Å²) in [5, 5.41) is 10.4. The number of nitriles is 1. The molecule has 0 unspecified atom stereocenters. The summed E-state index contributed by atoms with van der Waals surface area (Å²) in [5.41, 5.74) is 2.38. The number of benzene rings is 1. The van der Waals surface area contributed by atoms with Crippen molar-refractivity contribution in [2.45, 2.75) is 38.9 Å². The molecule has 0 aliphatic heterocycles. The van der Waals surface area contributed by atoms with Gasteiger partial charge in [0, 0.05) is 23.5 Å². The Bertz CT molecular complexity index is 944. The van der Waals surface area contributed by atoms with Gasteiger partial charge in [-0.1, -0.05) is 20.8 Å². The quantitative estimate of drug-likeness (QED) is 0.604. The van der Waals surface area contributed by atoms with E-state index in [1.165, 1.54) is 0 Å². The minimum Gasteiger partial charge on any atom is -0.544 e. The third-order valence-corrected chi connectivity index (χ3v) is 9.34. The normalized spacial score (nSPS) is 12.2. The highest BCUT2D eigenvalue weighted by Gasteiger charge is 2.38. The Hall–Kier alpha value is -2.58. The Kier molecular flexibility index (Phi) is 4.17. The lowest BCUT2D eigenvalue weighted by atomic mass is 10.2. The number of fused-ring (bicyclic) bond motifs is 1. The van der Waals surface area contributed by atoms with Gasteiger partial charge in [0.2, 0.25) is 8.32 Å². The molecule has 0 amide bonds. The summed E-state index contributed by atoms with van der Waals surface area (Å²) >= 11 is 0. The van der Waals surface area contributed by atoms with Crippen molar-refractivity contribution in [3.8, 4) is 17.5 Å². The van der Waals surface area contributed by atoms with E-state index in [1.807, 2.05) is 47.2 Å². The van der Waals surface area contributed by atoms with Gasteiger partial charge in [-0.15, -0.1) is 0 Å². The molecule has 0 aliphatic carbocycles. The summed E-state index contributed by atoms with van der Waals surface area (Å²) in [6.45, 7) is 11.2. The van der Waals surface area contributed by atoms with E-state index >= 15 is 0 Å². The number of pyridine rings is 1. The van der Waals surface area contributed by atoms with Crippen molar-refractivity contribution in [3.05, 3.63) is 54.4 Å². The molecule has 0 atom stereocenters. The van der Waals surface area contributed by atoms with E-state index in [4.69, 9.17) is 4.43 Å². The molecule has 2 aromatic heterocycles. The predicted molar refractivity (Wildman–Crippen MR) is 104 cm³/mol. The van der Waals surface area contributed by atoms with E-state index in [1.54, 1.807) is 6.20 Å².